The molecule has 2 rings (SSSR count). The number of hydrogen-bond acceptors (Lipinski definition) is 3. The molecule has 0 aliphatic carbocycles. The maximum Gasteiger partial charge on any atom is 0.308 e. The molecule has 1 aliphatic heterocycles. The Bertz CT molecular complexity index is 415. The Morgan fingerprint density at radius 3 is 3.00 bits per heavy atom. The van der Waals surface area contributed by atoms with Crippen molar-refractivity contribution in [2.45, 2.75) is 25.8 Å². The van der Waals surface area contributed by atoms with E-state index in [1.54, 1.807) is 16.2 Å². The van der Waals surface area contributed by atoms with Crippen molar-refractivity contribution in [1.82, 2.24) is 4.90 Å². The highest BCUT2D eigenvalue weighted by atomic mass is 32.1. The highest BCUT2D eigenvalue weighted by molar-refractivity contribution is 7.07. The van der Waals surface area contributed by atoms with Gasteiger partial charge in [0.15, 0.2) is 0 Å². The molecule has 1 saturated heterocycles. The third kappa shape index (κ3) is 2.66. The van der Waals surface area contributed by atoms with Crippen LogP contribution in [0, 0.1) is 5.92 Å². The molecule has 4 nitrogen and oxygen atoms in total. The molecule has 17 heavy (non-hydrogen) atoms. The molecule has 1 amide bonds. The molecular formula is C12H15NO3S. The number of hydrogen-bond donors (Lipinski definition) is 1. The number of carboxylic acid groups (broad SMARTS) is 1. The minimum Gasteiger partial charge on any atom is -0.481 e. The molecule has 0 aromatic carbocycles. The standard InChI is InChI=1S/C12H15NO3S/c1-8(4-9-2-3-17-7-9)13-6-10(12(15)16)5-11(13)14/h2-3,7-8,10H,4-6H2,1H3,(H,15,16). The molecule has 2 atom stereocenters. The molecule has 5 heteroatoms. The van der Waals surface area contributed by atoms with Crippen LogP contribution >= 0.6 is 11.3 Å². The molecule has 1 aromatic heterocycles. The van der Waals surface area contributed by atoms with Crippen LogP contribution in [-0.4, -0.2) is 34.5 Å². The van der Waals surface area contributed by atoms with Gasteiger partial charge in [0.2, 0.25) is 5.91 Å². The van der Waals surface area contributed by atoms with E-state index >= 15 is 0 Å². The fourth-order valence-electron chi connectivity index (χ4n) is 2.18. The van der Waals surface area contributed by atoms with E-state index in [9.17, 15) is 9.59 Å². The zero-order chi connectivity index (χ0) is 12.4. The lowest BCUT2D eigenvalue weighted by Crippen LogP contribution is -2.36. The van der Waals surface area contributed by atoms with Crippen molar-refractivity contribution in [1.29, 1.82) is 0 Å². The summed E-state index contributed by atoms with van der Waals surface area (Å²) < 4.78 is 0. The molecule has 1 fully saturated rings. The van der Waals surface area contributed by atoms with Gasteiger partial charge in [-0.1, -0.05) is 0 Å². The second-order valence-corrected chi connectivity index (χ2v) is 5.25. The van der Waals surface area contributed by atoms with Crippen LogP contribution < -0.4 is 0 Å². The van der Waals surface area contributed by atoms with Gasteiger partial charge in [0.1, 0.15) is 0 Å². The first-order valence-corrected chi connectivity index (χ1v) is 6.55. The number of amides is 1. The van der Waals surface area contributed by atoms with Gasteiger partial charge in [0, 0.05) is 19.0 Å². The van der Waals surface area contributed by atoms with Crippen molar-refractivity contribution in [3.63, 3.8) is 0 Å². The van der Waals surface area contributed by atoms with Crippen molar-refractivity contribution in [2.24, 2.45) is 5.92 Å². The molecule has 0 bridgehead atoms. The first kappa shape index (κ1) is 12.1. The SMILES string of the molecule is CC(Cc1ccsc1)N1CC(C(=O)O)CC1=O. The summed E-state index contributed by atoms with van der Waals surface area (Å²) >= 11 is 1.63. The summed E-state index contributed by atoms with van der Waals surface area (Å²) in [6.45, 7) is 2.32. The van der Waals surface area contributed by atoms with Crippen molar-refractivity contribution in [3.8, 4) is 0 Å². The quantitative estimate of drug-likeness (QED) is 0.887. The second-order valence-electron chi connectivity index (χ2n) is 4.47. The zero-order valence-electron chi connectivity index (χ0n) is 9.63. The summed E-state index contributed by atoms with van der Waals surface area (Å²) in [6, 6.07) is 2.11. The summed E-state index contributed by atoms with van der Waals surface area (Å²) in [6.07, 6.45) is 0.935. The van der Waals surface area contributed by atoms with Crippen LogP contribution in [0.2, 0.25) is 0 Å². The Balaban J connectivity index is 1.98. The molecule has 2 heterocycles. The van der Waals surface area contributed by atoms with E-state index < -0.39 is 11.9 Å². The van der Waals surface area contributed by atoms with Crippen LogP contribution in [0.1, 0.15) is 18.9 Å². The second kappa shape index (κ2) is 4.87. The monoisotopic (exact) mass is 253 g/mol. The van der Waals surface area contributed by atoms with Crippen molar-refractivity contribution in [3.05, 3.63) is 22.4 Å². The lowest BCUT2D eigenvalue weighted by Gasteiger charge is -2.24. The normalized spacial score (nSPS) is 21.8. The van der Waals surface area contributed by atoms with Crippen LogP contribution in [-0.2, 0) is 16.0 Å². The summed E-state index contributed by atoms with van der Waals surface area (Å²) in [5.41, 5.74) is 1.20. The number of aliphatic carboxylic acids is 1. The van der Waals surface area contributed by atoms with Gasteiger partial charge < -0.3 is 10.0 Å². The fourth-order valence-corrected chi connectivity index (χ4v) is 2.86. The Morgan fingerprint density at radius 1 is 1.71 bits per heavy atom. The topological polar surface area (TPSA) is 57.6 Å². The van der Waals surface area contributed by atoms with Gasteiger partial charge in [-0.15, -0.1) is 0 Å². The van der Waals surface area contributed by atoms with Crippen molar-refractivity contribution >= 4 is 23.2 Å². The Morgan fingerprint density at radius 2 is 2.47 bits per heavy atom. The molecule has 92 valence electrons. The lowest BCUT2D eigenvalue weighted by molar-refractivity contribution is -0.141. The van der Waals surface area contributed by atoms with Crippen LogP contribution in [0.3, 0.4) is 0 Å². The van der Waals surface area contributed by atoms with E-state index in [-0.39, 0.29) is 18.4 Å². The number of carboxylic acids is 1. The number of thiophene rings is 1. The van der Waals surface area contributed by atoms with Gasteiger partial charge in [0.05, 0.1) is 5.92 Å². The molecule has 1 aromatic rings. The largest absolute Gasteiger partial charge is 0.481 e. The van der Waals surface area contributed by atoms with Gasteiger partial charge >= 0.3 is 5.97 Å². The van der Waals surface area contributed by atoms with Crippen molar-refractivity contribution < 1.29 is 14.7 Å². The summed E-state index contributed by atoms with van der Waals surface area (Å²) in [5, 5.41) is 13.0. The number of carbonyl (C=O) groups is 2. The molecule has 1 aliphatic rings. The van der Waals surface area contributed by atoms with Gasteiger partial charge in [-0.2, -0.15) is 11.3 Å². The van der Waals surface area contributed by atoms with Crippen LogP contribution in [0.4, 0.5) is 0 Å². The van der Waals surface area contributed by atoms with Gasteiger partial charge in [-0.3, -0.25) is 9.59 Å². The molecule has 2 unspecified atom stereocenters. The van der Waals surface area contributed by atoms with Crippen LogP contribution in [0.15, 0.2) is 16.8 Å². The van der Waals surface area contributed by atoms with Crippen LogP contribution in [0.5, 0.6) is 0 Å². The first-order chi connectivity index (χ1) is 8.08. The zero-order valence-corrected chi connectivity index (χ0v) is 10.4. The first-order valence-electron chi connectivity index (χ1n) is 5.61. The highest BCUT2D eigenvalue weighted by Crippen LogP contribution is 2.22. The lowest BCUT2D eigenvalue weighted by atomic mass is 10.1. The van der Waals surface area contributed by atoms with E-state index in [4.69, 9.17) is 5.11 Å². The molecule has 0 spiro atoms. The van der Waals surface area contributed by atoms with Crippen LogP contribution in [0.25, 0.3) is 0 Å². The minimum atomic E-state index is -0.872. The third-order valence-electron chi connectivity index (χ3n) is 3.15. The smallest absolute Gasteiger partial charge is 0.308 e. The summed E-state index contributed by atoms with van der Waals surface area (Å²) in [4.78, 5) is 24.3. The van der Waals surface area contributed by atoms with Gasteiger partial charge in [-0.25, -0.2) is 0 Å². The van der Waals surface area contributed by atoms with E-state index in [1.165, 1.54) is 5.56 Å². The van der Waals surface area contributed by atoms with E-state index in [2.05, 4.69) is 5.38 Å². The average Bonchev–Trinajstić information content (AvgIpc) is 2.86. The number of likely N-dealkylation sites (tertiary alicyclic amines) is 1. The number of nitrogens with zero attached hydrogens (tertiary/aromatic N) is 1. The highest BCUT2D eigenvalue weighted by Gasteiger charge is 2.36. The molecular weight excluding hydrogens is 238 g/mol. The van der Waals surface area contributed by atoms with Crippen molar-refractivity contribution in [2.75, 3.05) is 6.54 Å². The predicted molar refractivity (Wildman–Crippen MR) is 64.9 cm³/mol. The maximum absolute atomic E-state index is 11.7. The number of carbonyl (C=O) groups excluding carboxylic acids is 1. The summed E-state index contributed by atoms with van der Waals surface area (Å²) in [5.74, 6) is -1.45. The predicted octanol–water partition coefficient (Wildman–Crippen LogP) is 1.61. The minimum absolute atomic E-state index is 0.0415. The molecule has 1 N–H and O–H groups in total. The van der Waals surface area contributed by atoms with Gasteiger partial charge in [0.25, 0.3) is 0 Å². The maximum atomic E-state index is 11.7. The van der Waals surface area contributed by atoms with Gasteiger partial charge in [-0.05, 0) is 35.7 Å². The Labute approximate surface area is 104 Å². The third-order valence-corrected chi connectivity index (χ3v) is 3.88. The van der Waals surface area contributed by atoms with E-state index in [0.29, 0.717) is 6.54 Å². The van der Waals surface area contributed by atoms with E-state index in [0.717, 1.165) is 6.42 Å². The molecule has 0 saturated carbocycles. The average molecular weight is 253 g/mol. The number of rotatable bonds is 4. The Kier molecular flexibility index (Phi) is 3.47. The van der Waals surface area contributed by atoms with E-state index in [1.807, 2.05) is 18.4 Å². The molecule has 0 radical (unpaired) electrons. The Hall–Kier alpha value is -1.36. The summed E-state index contributed by atoms with van der Waals surface area (Å²) in [7, 11) is 0. The fraction of sp³-hybridized carbons (Fsp3) is 0.500.